The first-order valence-corrected chi connectivity index (χ1v) is 6.28. The highest BCUT2D eigenvalue weighted by molar-refractivity contribution is 14.1. The lowest BCUT2D eigenvalue weighted by molar-refractivity contribution is 0.310. The number of halogens is 1. The molecular formula is C10H15IN4O. The molecule has 0 spiro atoms. The van der Waals surface area contributed by atoms with E-state index in [1.54, 1.807) is 13.3 Å². The van der Waals surface area contributed by atoms with Crippen LogP contribution in [0.4, 0.5) is 5.95 Å². The quantitative estimate of drug-likeness (QED) is 0.750. The van der Waals surface area contributed by atoms with Crippen LogP contribution < -0.4 is 9.64 Å². The summed E-state index contributed by atoms with van der Waals surface area (Å²) in [5.41, 5.74) is 0. The van der Waals surface area contributed by atoms with Gasteiger partial charge in [0.1, 0.15) is 0 Å². The minimum atomic E-state index is 0.657. The minimum absolute atomic E-state index is 0.657. The van der Waals surface area contributed by atoms with Crippen molar-refractivity contribution in [1.82, 2.24) is 14.9 Å². The Labute approximate surface area is 109 Å². The molecule has 0 aliphatic carbocycles. The first kappa shape index (κ1) is 11.8. The van der Waals surface area contributed by atoms with E-state index in [1.807, 2.05) is 0 Å². The number of anilines is 1. The molecule has 0 amide bonds. The van der Waals surface area contributed by atoms with E-state index >= 15 is 0 Å². The number of rotatable bonds is 2. The standard InChI is InChI=1S/C10H15IN4O/c1-14-3-5-15(6-4-14)10-12-7-8(11)9(13-10)16-2/h7H,3-6H2,1-2H3. The molecule has 1 aromatic heterocycles. The number of aromatic nitrogens is 2. The summed E-state index contributed by atoms with van der Waals surface area (Å²) in [6.45, 7) is 4.05. The Morgan fingerprint density at radius 1 is 1.31 bits per heavy atom. The molecule has 1 aliphatic rings. The lowest BCUT2D eigenvalue weighted by Crippen LogP contribution is -2.45. The molecule has 0 atom stereocenters. The molecule has 88 valence electrons. The SMILES string of the molecule is COc1nc(N2CCN(C)CC2)ncc1I. The van der Waals surface area contributed by atoms with Crippen LogP contribution in [0.1, 0.15) is 0 Å². The molecule has 1 saturated heterocycles. The Bertz CT molecular complexity index is 366. The average Bonchev–Trinajstić information content (AvgIpc) is 2.31. The summed E-state index contributed by atoms with van der Waals surface area (Å²) in [6.07, 6.45) is 1.81. The fourth-order valence-corrected chi connectivity index (χ4v) is 2.12. The van der Waals surface area contributed by atoms with Crippen LogP contribution in [-0.4, -0.2) is 55.2 Å². The van der Waals surface area contributed by atoms with Gasteiger partial charge in [0, 0.05) is 32.4 Å². The Morgan fingerprint density at radius 2 is 2.00 bits per heavy atom. The molecule has 0 saturated carbocycles. The summed E-state index contributed by atoms with van der Waals surface area (Å²) in [4.78, 5) is 13.2. The maximum atomic E-state index is 5.20. The van der Waals surface area contributed by atoms with E-state index < -0.39 is 0 Å². The fourth-order valence-electron chi connectivity index (χ4n) is 1.64. The Hall–Kier alpha value is -0.630. The number of piperazine rings is 1. The van der Waals surface area contributed by atoms with Crippen molar-refractivity contribution in [1.29, 1.82) is 0 Å². The highest BCUT2D eigenvalue weighted by Gasteiger charge is 2.17. The van der Waals surface area contributed by atoms with Gasteiger partial charge in [-0.15, -0.1) is 0 Å². The fraction of sp³-hybridized carbons (Fsp3) is 0.600. The highest BCUT2D eigenvalue weighted by atomic mass is 127. The van der Waals surface area contributed by atoms with Crippen molar-refractivity contribution < 1.29 is 4.74 Å². The minimum Gasteiger partial charge on any atom is -0.480 e. The van der Waals surface area contributed by atoms with Gasteiger partial charge in [0.15, 0.2) is 0 Å². The maximum Gasteiger partial charge on any atom is 0.231 e. The van der Waals surface area contributed by atoms with Crippen LogP contribution in [0, 0.1) is 3.57 Å². The van der Waals surface area contributed by atoms with Crippen LogP contribution in [0.15, 0.2) is 6.20 Å². The molecule has 1 aliphatic heterocycles. The Balaban J connectivity index is 2.14. The van der Waals surface area contributed by atoms with Crippen LogP contribution in [0.3, 0.4) is 0 Å². The van der Waals surface area contributed by atoms with Gasteiger partial charge in [0.2, 0.25) is 11.8 Å². The molecule has 16 heavy (non-hydrogen) atoms. The zero-order chi connectivity index (χ0) is 11.5. The van der Waals surface area contributed by atoms with Crippen molar-refractivity contribution in [3.05, 3.63) is 9.77 Å². The van der Waals surface area contributed by atoms with Gasteiger partial charge in [-0.2, -0.15) is 4.98 Å². The summed E-state index contributed by atoms with van der Waals surface area (Å²) in [7, 11) is 3.77. The van der Waals surface area contributed by atoms with Gasteiger partial charge in [-0.05, 0) is 29.6 Å². The average molecular weight is 334 g/mol. The van der Waals surface area contributed by atoms with Crippen molar-refractivity contribution in [2.45, 2.75) is 0 Å². The van der Waals surface area contributed by atoms with E-state index in [-0.39, 0.29) is 0 Å². The van der Waals surface area contributed by atoms with Gasteiger partial charge in [-0.25, -0.2) is 4.98 Å². The molecule has 1 aromatic rings. The molecule has 0 N–H and O–H groups in total. The van der Waals surface area contributed by atoms with Crippen molar-refractivity contribution in [3.63, 3.8) is 0 Å². The van der Waals surface area contributed by atoms with E-state index in [2.05, 4.69) is 49.4 Å². The maximum absolute atomic E-state index is 5.20. The van der Waals surface area contributed by atoms with Crippen molar-refractivity contribution in [3.8, 4) is 5.88 Å². The van der Waals surface area contributed by atoms with Crippen molar-refractivity contribution in [2.75, 3.05) is 45.2 Å². The first-order valence-electron chi connectivity index (χ1n) is 5.20. The first-order chi connectivity index (χ1) is 7.70. The summed E-state index contributed by atoms with van der Waals surface area (Å²) in [5.74, 6) is 1.43. The normalized spacial score (nSPS) is 17.6. The molecule has 6 heteroatoms. The van der Waals surface area contributed by atoms with Crippen LogP contribution in [0.5, 0.6) is 5.88 Å². The molecule has 0 radical (unpaired) electrons. The molecule has 2 heterocycles. The number of ether oxygens (including phenoxy) is 1. The van der Waals surface area contributed by atoms with Gasteiger partial charge in [-0.1, -0.05) is 0 Å². The predicted molar refractivity (Wildman–Crippen MR) is 71.0 cm³/mol. The zero-order valence-electron chi connectivity index (χ0n) is 9.48. The lowest BCUT2D eigenvalue weighted by atomic mass is 10.3. The monoisotopic (exact) mass is 334 g/mol. The Kier molecular flexibility index (Phi) is 3.80. The lowest BCUT2D eigenvalue weighted by Gasteiger charge is -2.32. The number of hydrogen-bond acceptors (Lipinski definition) is 5. The summed E-state index contributed by atoms with van der Waals surface area (Å²) in [5, 5.41) is 0. The number of likely N-dealkylation sites (N-methyl/N-ethyl adjacent to an activating group) is 1. The van der Waals surface area contributed by atoms with Gasteiger partial charge in [0.25, 0.3) is 0 Å². The second-order valence-corrected chi connectivity index (χ2v) is 4.98. The largest absolute Gasteiger partial charge is 0.480 e. The van der Waals surface area contributed by atoms with E-state index in [1.165, 1.54) is 0 Å². The van der Waals surface area contributed by atoms with Crippen LogP contribution in [0.2, 0.25) is 0 Å². The third-order valence-corrected chi connectivity index (χ3v) is 3.42. The topological polar surface area (TPSA) is 41.5 Å². The highest BCUT2D eigenvalue weighted by Crippen LogP contribution is 2.20. The number of methoxy groups -OCH3 is 1. The van der Waals surface area contributed by atoms with Crippen LogP contribution in [-0.2, 0) is 0 Å². The predicted octanol–water partition coefficient (Wildman–Crippen LogP) is 0.842. The second kappa shape index (κ2) is 5.13. The third-order valence-electron chi connectivity index (χ3n) is 2.68. The molecule has 0 bridgehead atoms. The van der Waals surface area contributed by atoms with Crippen LogP contribution >= 0.6 is 22.6 Å². The van der Waals surface area contributed by atoms with E-state index in [9.17, 15) is 0 Å². The Morgan fingerprint density at radius 3 is 2.62 bits per heavy atom. The van der Waals surface area contributed by atoms with E-state index in [4.69, 9.17) is 4.74 Å². The molecule has 1 fully saturated rings. The third kappa shape index (κ3) is 2.54. The molecule has 2 rings (SSSR count). The molecule has 5 nitrogen and oxygen atoms in total. The smallest absolute Gasteiger partial charge is 0.231 e. The van der Waals surface area contributed by atoms with Gasteiger partial charge in [-0.3, -0.25) is 0 Å². The summed E-state index contributed by atoms with van der Waals surface area (Å²) < 4.78 is 6.14. The zero-order valence-corrected chi connectivity index (χ0v) is 11.6. The number of hydrogen-bond donors (Lipinski definition) is 0. The van der Waals surface area contributed by atoms with Gasteiger partial charge in [0.05, 0.1) is 10.7 Å². The van der Waals surface area contributed by atoms with E-state index in [0.717, 1.165) is 35.7 Å². The van der Waals surface area contributed by atoms with Crippen molar-refractivity contribution in [2.24, 2.45) is 0 Å². The van der Waals surface area contributed by atoms with Gasteiger partial charge < -0.3 is 14.5 Å². The number of nitrogens with zero attached hydrogens (tertiary/aromatic N) is 4. The second-order valence-electron chi connectivity index (χ2n) is 3.82. The summed E-state index contributed by atoms with van der Waals surface area (Å²) in [6, 6.07) is 0. The molecule has 0 unspecified atom stereocenters. The van der Waals surface area contributed by atoms with Crippen LogP contribution in [0.25, 0.3) is 0 Å². The summed E-state index contributed by atoms with van der Waals surface area (Å²) >= 11 is 2.17. The van der Waals surface area contributed by atoms with Gasteiger partial charge >= 0.3 is 0 Å². The molecule has 0 aromatic carbocycles. The molecular weight excluding hydrogens is 319 g/mol. The van der Waals surface area contributed by atoms with Crippen molar-refractivity contribution >= 4 is 28.5 Å². The van der Waals surface area contributed by atoms with E-state index in [0.29, 0.717) is 5.88 Å².